The number of nitrogens with zero attached hydrogens (tertiary/aromatic N) is 1. The molecule has 1 heterocycles. The van der Waals surface area contributed by atoms with Crippen LogP contribution in [0.15, 0.2) is 0 Å². The summed E-state index contributed by atoms with van der Waals surface area (Å²) in [5.74, 6) is 0.880. The summed E-state index contributed by atoms with van der Waals surface area (Å²) in [7, 11) is 0. The van der Waals surface area contributed by atoms with E-state index >= 15 is 0 Å². The fraction of sp³-hybridized carbons (Fsp3) is 1.00. The highest BCUT2D eigenvalue weighted by Crippen LogP contribution is 2.28. The van der Waals surface area contributed by atoms with Crippen molar-refractivity contribution in [2.24, 2.45) is 11.3 Å². The molecule has 0 unspecified atom stereocenters. The van der Waals surface area contributed by atoms with Crippen LogP contribution in [0, 0.1) is 11.3 Å². The summed E-state index contributed by atoms with van der Waals surface area (Å²) in [4.78, 5) is 2.64. The third-order valence-electron chi connectivity index (χ3n) is 3.26. The van der Waals surface area contributed by atoms with Crippen LogP contribution >= 0.6 is 0 Å². The molecule has 0 N–H and O–H groups in total. The average molecular weight is 197 g/mol. The Bertz CT molecular complexity index is 161. The van der Waals surface area contributed by atoms with Crippen molar-refractivity contribution in [3.8, 4) is 0 Å². The Balaban J connectivity index is 2.03. The molecule has 1 aliphatic heterocycles. The van der Waals surface area contributed by atoms with E-state index < -0.39 is 0 Å². The van der Waals surface area contributed by atoms with Crippen molar-refractivity contribution in [2.75, 3.05) is 19.6 Å². The number of likely N-dealkylation sites (tertiary alicyclic amines) is 1. The summed E-state index contributed by atoms with van der Waals surface area (Å²) in [6.45, 7) is 13.4. The van der Waals surface area contributed by atoms with Gasteiger partial charge in [0.1, 0.15) is 0 Å². The second kappa shape index (κ2) is 5.16. The smallest absolute Gasteiger partial charge is 0.00332 e. The van der Waals surface area contributed by atoms with Crippen LogP contribution in [0.4, 0.5) is 0 Å². The van der Waals surface area contributed by atoms with Crippen molar-refractivity contribution in [1.29, 1.82) is 0 Å². The fourth-order valence-corrected chi connectivity index (χ4v) is 2.30. The van der Waals surface area contributed by atoms with Gasteiger partial charge in [-0.1, -0.05) is 40.5 Å². The predicted molar refractivity (Wildman–Crippen MR) is 63.5 cm³/mol. The maximum absolute atomic E-state index is 2.64. The first-order valence-corrected chi connectivity index (χ1v) is 6.22. The monoisotopic (exact) mass is 197 g/mol. The maximum atomic E-state index is 2.64. The van der Waals surface area contributed by atoms with Crippen molar-refractivity contribution in [3.63, 3.8) is 0 Å². The van der Waals surface area contributed by atoms with Crippen LogP contribution in [0.3, 0.4) is 0 Å². The Morgan fingerprint density at radius 1 is 1.21 bits per heavy atom. The van der Waals surface area contributed by atoms with Gasteiger partial charge in [-0.3, -0.25) is 0 Å². The summed E-state index contributed by atoms with van der Waals surface area (Å²) in [6, 6.07) is 0. The second-order valence-corrected chi connectivity index (χ2v) is 6.08. The van der Waals surface area contributed by atoms with E-state index in [1.165, 1.54) is 45.3 Å². The lowest BCUT2D eigenvalue weighted by Gasteiger charge is -2.19. The molecule has 0 amide bonds. The minimum absolute atomic E-state index is 0.581. The highest BCUT2D eigenvalue weighted by Gasteiger charge is 2.28. The van der Waals surface area contributed by atoms with Gasteiger partial charge in [-0.25, -0.2) is 0 Å². The number of rotatable bonds is 5. The molecule has 0 aromatic carbocycles. The molecular weight excluding hydrogens is 170 g/mol. The van der Waals surface area contributed by atoms with Crippen LogP contribution < -0.4 is 0 Å². The maximum Gasteiger partial charge on any atom is 0.00332 e. The molecule has 1 saturated heterocycles. The van der Waals surface area contributed by atoms with Crippen molar-refractivity contribution in [2.45, 2.75) is 53.4 Å². The van der Waals surface area contributed by atoms with E-state index in [1.54, 1.807) is 0 Å². The van der Waals surface area contributed by atoms with Gasteiger partial charge in [-0.15, -0.1) is 0 Å². The van der Waals surface area contributed by atoms with E-state index in [9.17, 15) is 0 Å². The second-order valence-electron chi connectivity index (χ2n) is 6.08. The Morgan fingerprint density at radius 2 is 1.93 bits per heavy atom. The molecule has 0 aliphatic carbocycles. The number of hydrogen-bond acceptors (Lipinski definition) is 1. The molecule has 0 spiro atoms. The van der Waals surface area contributed by atoms with E-state index in [4.69, 9.17) is 0 Å². The Morgan fingerprint density at radius 3 is 2.43 bits per heavy atom. The minimum atomic E-state index is 0.581. The van der Waals surface area contributed by atoms with Gasteiger partial charge in [0, 0.05) is 6.54 Å². The molecular formula is C13H27N. The summed E-state index contributed by atoms with van der Waals surface area (Å²) < 4.78 is 0. The van der Waals surface area contributed by atoms with Gasteiger partial charge >= 0.3 is 0 Å². The summed E-state index contributed by atoms with van der Waals surface area (Å²) in [5.41, 5.74) is 0.581. The Labute approximate surface area is 89.9 Å². The van der Waals surface area contributed by atoms with Crippen LogP contribution in [0.1, 0.15) is 53.4 Å². The first kappa shape index (κ1) is 12.0. The van der Waals surface area contributed by atoms with Crippen LogP contribution in [-0.2, 0) is 0 Å². The average Bonchev–Trinajstić information content (AvgIpc) is 2.39. The molecule has 1 rings (SSSR count). The molecule has 1 aliphatic rings. The minimum Gasteiger partial charge on any atom is -0.303 e. The zero-order chi connectivity index (χ0) is 10.6. The highest BCUT2D eigenvalue weighted by molar-refractivity contribution is 4.82. The number of hydrogen-bond donors (Lipinski definition) is 0. The Kier molecular flexibility index (Phi) is 4.43. The largest absolute Gasteiger partial charge is 0.303 e. The molecule has 84 valence electrons. The topological polar surface area (TPSA) is 3.24 Å². The highest BCUT2D eigenvalue weighted by atomic mass is 15.1. The molecule has 1 heteroatoms. The summed E-state index contributed by atoms with van der Waals surface area (Å²) >= 11 is 0. The molecule has 1 fully saturated rings. The number of unbranched alkanes of at least 4 members (excludes halogenated alkanes) is 1. The normalized spacial score (nSPS) is 22.1. The first-order chi connectivity index (χ1) is 6.49. The van der Waals surface area contributed by atoms with Gasteiger partial charge in [-0.05, 0) is 37.3 Å². The van der Waals surface area contributed by atoms with Crippen LogP contribution in [0.25, 0.3) is 0 Å². The van der Waals surface area contributed by atoms with Crippen molar-refractivity contribution >= 4 is 0 Å². The molecule has 1 nitrogen and oxygen atoms in total. The zero-order valence-corrected chi connectivity index (χ0v) is 10.5. The van der Waals surface area contributed by atoms with E-state index in [1.807, 2.05) is 0 Å². The van der Waals surface area contributed by atoms with Gasteiger partial charge in [0.15, 0.2) is 0 Å². The van der Waals surface area contributed by atoms with Gasteiger partial charge in [0.25, 0.3) is 0 Å². The predicted octanol–water partition coefficient (Wildman–Crippen LogP) is 3.54. The Hall–Kier alpha value is -0.0400. The van der Waals surface area contributed by atoms with Crippen molar-refractivity contribution < 1.29 is 0 Å². The van der Waals surface area contributed by atoms with Gasteiger partial charge < -0.3 is 4.90 Å². The zero-order valence-electron chi connectivity index (χ0n) is 10.5. The van der Waals surface area contributed by atoms with Crippen LogP contribution in [-0.4, -0.2) is 24.5 Å². The van der Waals surface area contributed by atoms with Crippen LogP contribution in [0.5, 0.6) is 0 Å². The lowest BCUT2D eigenvalue weighted by Crippen LogP contribution is -2.24. The van der Waals surface area contributed by atoms with E-state index in [2.05, 4.69) is 32.6 Å². The van der Waals surface area contributed by atoms with Gasteiger partial charge in [0.2, 0.25) is 0 Å². The molecule has 0 bridgehead atoms. The lowest BCUT2D eigenvalue weighted by molar-refractivity contribution is 0.283. The third kappa shape index (κ3) is 4.45. The molecule has 0 saturated carbocycles. The molecule has 0 aromatic rings. The summed E-state index contributed by atoms with van der Waals surface area (Å²) in [6.07, 6.45) is 5.59. The lowest BCUT2D eigenvalue weighted by atomic mass is 9.93. The van der Waals surface area contributed by atoms with E-state index in [0.29, 0.717) is 5.41 Å². The summed E-state index contributed by atoms with van der Waals surface area (Å²) in [5, 5.41) is 0. The molecule has 0 atom stereocenters. The quantitative estimate of drug-likeness (QED) is 0.609. The van der Waals surface area contributed by atoms with E-state index in [-0.39, 0.29) is 0 Å². The van der Waals surface area contributed by atoms with Crippen molar-refractivity contribution in [3.05, 3.63) is 0 Å². The standard InChI is InChI=1S/C13H27N/c1-12(2)7-5-6-9-14-10-8-13(3,4)11-14/h12H,5-11H2,1-4H3. The third-order valence-corrected chi connectivity index (χ3v) is 3.26. The van der Waals surface area contributed by atoms with Gasteiger partial charge in [0.05, 0.1) is 0 Å². The fourth-order valence-electron chi connectivity index (χ4n) is 2.30. The molecule has 0 aromatic heterocycles. The van der Waals surface area contributed by atoms with Crippen molar-refractivity contribution in [1.82, 2.24) is 4.90 Å². The van der Waals surface area contributed by atoms with Gasteiger partial charge in [-0.2, -0.15) is 0 Å². The van der Waals surface area contributed by atoms with Crippen LogP contribution in [0.2, 0.25) is 0 Å². The molecule has 14 heavy (non-hydrogen) atoms. The molecule has 0 radical (unpaired) electrons. The SMILES string of the molecule is CC(C)CCCCN1CCC(C)(C)C1. The van der Waals surface area contributed by atoms with E-state index in [0.717, 1.165) is 5.92 Å². The first-order valence-electron chi connectivity index (χ1n) is 6.22.